The molecule has 0 unspecified atom stereocenters. The number of hydrogen-bond acceptors (Lipinski definition) is 3. The third-order valence-corrected chi connectivity index (χ3v) is 2.88. The second-order valence-corrected chi connectivity index (χ2v) is 4.77. The third kappa shape index (κ3) is 2.25. The van der Waals surface area contributed by atoms with Crippen molar-refractivity contribution < 1.29 is 0 Å². The Hall–Kier alpha value is -1.19. The minimum absolute atomic E-state index is 0.461. The maximum Gasteiger partial charge on any atom is 0.174 e. The van der Waals surface area contributed by atoms with Crippen LogP contribution in [0.4, 0.5) is 11.5 Å². The first kappa shape index (κ1) is 10.3. The first-order chi connectivity index (χ1) is 7.08. The SMILES string of the molecule is CC(C)N(CC1CC1)c1nn(C)cc1N. The first-order valence-electron chi connectivity index (χ1n) is 5.63. The lowest BCUT2D eigenvalue weighted by molar-refractivity contribution is 0.627. The number of rotatable bonds is 4. The van der Waals surface area contributed by atoms with E-state index in [4.69, 9.17) is 5.73 Å². The molecule has 1 saturated carbocycles. The van der Waals surface area contributed by atoms with Crippen molar-refractivity contribution in [1.82, 2.24) is 9.78 Å². The molecule has 1 aliphatic carbocycles. The molecule has 84 valence electrons. The van der Waals surface area contributed by atoms with Crippen LogP contribution in [0.3, 0.4) is 0 Å². The summed E-state index contributed by atoms with van der Waals surface area (Å²) in [4.78, 5) is 2.31. The molecule has 0 bridgehead atoms. The van der Waals surface area contributed by atoms with Gasteiger partial charge in [-0.05, 0) is 32.6 Å². The molecule has 0 radical (unpaired) electrons. The van der Waals surface area contributed by atoms with E-state index in [1.165, 1.54) is 12.8 Å². The molecule has 15 heavy (non-hydrogen) atoms. The Morgan fingerprint density at radius 3 is 2.67 bits per heavy atom. The van der Waals surface area contributed by atoms with Crippen molar-refractivity contribution in [2.75, 3.05) is 17.2 Å². The van der Waals surface area contributed by atoms with Gasteiger partial charge in [0.1, 0.15) is 0 Å². The fourth-order valence-electron chi connectivity index (χ4n) is 1.84. The average Bonchev–Trinajstić information content (AvgIpc) is 2.88. The third-order valence-electron chi connectivity index (χ3n) is 2.88. The van der Waals surface area contributed by atoms with Crippen LogP contribution in [0.25, 0.3) is 0 Å². The summed E-state index contributed by atoms with van der Waals surface area (Å²) in [6.07, 6.45) is 4.59. The highest BCUT2D eigenvalue weighted by Crippen LogP contribution is 2.33. The summed E-state index contributed by atoms with van der Waals surface area (Å²) < 4.78 is 1.78. The Morgan fingerprint density at radius 2 is 2.27 bits per heavy atom. The second kappa shape index (κ2) is 3.76. The summed E-state index contributed by atoms with van der Waals surface area (Å²) >= 11 is 0. The smallest absolute Gasteiger partial charge is 0.174 e. The summed E-state index contributed by atoms with van der Waals surface area (Å²) in [5.41, 5.74) is 6.74. The van der Waals surface area contributed by atoms with Crippen LogP contribution < -0.4 is 10.6 Å². The van der Waals surface area contributed by atoms with Crippen LogP contribution in [0.5, 0.6) is 0 Å². The highest BCUT2D eigenvalue weighted by molar-refractivity contribution is 5.62. The second-order valence-electron chi connectivity index (χ2n) is 4.77. The molecule has 1 aliphatic rings. The molecule has 4 nitrogen and oxygen atoms in total. The number of nitrogen functional groups attached to an aromatic ring is 1. The van der Waals surface area contributed by atoms with E-state index in [1.807, 2.05) is 13.2 Å². The fourth-order valence-corrected chi connectivity index (χ4v) is 1.84. The van der Waals surface area contributed by atoms with Crippen LogP contribution in [0.1, 0.15) is 26.7 Å². The molecule has 0 amide bonds. The van der Waals surface area contributed by atoms with Crippen LogP contribution in [0, 0.1) is 5.92 Å². The first-order valence-corrected chi connectivity index (χ1v) is 5.63. The van der Waals surface area contributed by atoms with E-state index in [-0.39, 0.29) is 0 Å². The molecule has 0 saturated heterocycles. The summed E-state index contributed by atoms with van der Waals surface area (Å²) in [6, 6.07) is 0.461. The van der Waals surface area contributed by atoms with Crippen molar-refractivity contribution in [3.63, 3.8) is 0 Å². The summed E-state index contributed by atoms with van der Waals surface area (Å²) in [6.45, 7) is 5.48. The largest absolute Gasteiger partial charge is 0.394 e. The van der Waals surface area contributed by atoms with Gasteiger partial charge in [-0.25, -0.2) is 0 Å². The number of aromatic nitrogens is 2. The van der Waals surface area contributed by atoms with E-state index in [0.29, 0.717) is 6.04 Å². The van der Waals surface area contributed by atoms with Crippen LogP contribution in [-0.2, 0) is 7.05 Å². The normalized spacial score (nSPS) is 16.0. The molecule has 2 N–H and O–H groups in total. The van der Waals surface area contributed by atoms with Crippen LogP contribution in [-0.4, -0.2) is 22.4 Å². The monoisotopic (exact) mass is 208 g/mol. The zero-order chi connectivity index (χ0) is 11.0. The van der Waals surface area contributed by atoms with Crippen molar-refractivity contribution in [2.24, 2.45) is 13.0 Å². The topological polar surface area (TPSA) is 47.1 Å². The predicted molar refractivity (Wildman–Crippen MR) is 62.8 cm³/mol. The van der Waals surface area contributed by atoms with E-state index in [0.717, 1.165) is 24.0 Å². The standard InChI is InChI=1S/C11H20N4/c1-8(2)15(6-9-4-5-9)11-10(12)7-14(3)13-11/h7-9H,4-6,12H2,1-3H3. The van der Waals surface area contributed by atoms with E-state index >= 15 is 0 Å². The molecule has 1 heterocycles. The lowest BCUT2D eigenvalue weighted by Gasteiger charge is -2.27. The van der Waals surface area contributed by atoms with Gasteiger partial charge in [-0.3, -0.25) is 4.68 Å². The Balaban J connectivity index is 2.18. The van der Waals surface area contributed by atoms with Crippen LogP contribution in [0.2, 0.25) is 0 Å². The van der Waals surface area contributed by atoms with Gasteiger partial charge in [0.15, 0.2) is 5.82 Å². The number of hydrogen-bond donors (Lipinski definition) is 1. The molecule has 4 heteroatoms. The van der Waals surface area contributed by atoms with Gasteiger partial charge in [0, 0.05) is 25.8 Å². The van der Waals surface area contributed by atoms with Gasteiger partial charge in [-0.1, -0.05) is 0 Å². The van der Waals surface area contributed by atoms with Gasteiger partial charge < -0.3 is 10.6 Å². The fraction of sp³-hybridized carbons (Fsp3) is 0.727. The van der Waals surface area contributed by atoms with Crippen molar-refractivity contribution >= 4 is 11.5 Å². The molecular formula is C11H20N4. The lowest BCUT2D eigenvalue weighted by atomic mass is 10.2. The number of anilines is 2. The zero-order valence-corrected chi connectivity index (χ0v) is 9.77. The Morgan fingerprint density at radius 1 is 1.60 bits per heavy atom. The molecule has 1 fully saturated rings. The molecule has 0 aliphatic heterocycles. The van der Waals surface area contributed by atoms with Crippen LogP contribution >= 0.6 is 0 Å². The highest BCUT2D eigenvalue weighted by Gasteiger charge is 2.27. The molecular weight excluding hydrogens is 188 g/mol. The lowest BCUT2D eigenvalue weighted by Crippen LogP contribution is -2.33. The van der Waals surface area contributed by atoms with Gasteiger partial charge in [0.2, 0.25) is 0 Å². The maximum atomic E-state index is 5.95. The average molecular weight is 208 g/mol. The molecule has 0 aromatic carbocycles. The Labute approximate surface area is 91.1 Å². The van der Waals surface area contributed by atoms with Crippen LogP contribution in [0.15, 0.2) is 6.20 Å². The minimum Gasteiger partial charge on any atom is -0.394 e. The summed E-state index contributed by atoms with van der Waals surface area (Å²) in [5.74, 6) is 1.80. The quantitative estimate of drug-likeness (QED) is 0.818. The summed E-state index contributed by atoms with van der Waals surface area (Å²) in [7, 11) is 1.91. The minimum atomic E-state index is 0.461. The Kier molecular flexibility index (Phi) is 2.59. The van der Waals surface area contributed by atoms with Gasteiger partial charge in [-0.2, -0.15) is 5.10 Å². The van der Waals surface area contributed by atoms with Gasteiger partial charge in [-0.15, -0.1) is 0 Å². The van der Waals surface area contributed by atoms with Gasteiger partial charge in [0.05, 0.1) is 5.69 Å². The van der Waals surface area contributed by atoms with E-state index in [1.54, 1.807) is 4.68 Å². The molecule has 0 atom stereocenters. The van der Waals surface area contributed by atoms with E-state index in [2.05, 4.69) is 23.8 Å². The maximum absolute atomic E-state index is 5.95. The van der Waals surface area contributed by atoms with E-state index < -0.39 is 0 Å². The number of aryl methyl sites for hydroxylation is 1. The van der Waals surface area contributed by atoms with Crippen molar-refractivity contribution in [2.45, 2.75) is 32.7 Å². The predicted octanol–water partition coefficient (Wildman–Crippen LogP) is 1.63. The molecule has 1 aromatic heterocycles. The van der Waals surface area contributed by atoms with Crippen molar-refractivity contribution in [3.05, 3.63) is 6.20 Å². The van der Waals surface area contributed by atoms with E-state index in [9.17, 15) is 0 Å². The van der Waals surface area contributed by atoms with Gasteiger partial charge in [0.25, 0.3) is 0 Å². The number of nitrogens with zero attached hydrogens (tertiary/aromatic N) is 3. The van der Waals surface area contributed by atoms with Crippen molar-refractivity contribution in [1.29, 1.82) is 0 Å². The number of nitrogens with two attached hydrogens (primary N) is 1. The van der Waals surface area contributed by atoms with Gasteiger partial charge >= 0.3 is 0 Å². The molecule has 2 rings (SSSR count). The molecule has 1 aromatic rings. The zero-order valence-electron chi connectivity index (χ0n) is 9.77. The summed E-state index contributed by atoms with van der Waals surface area (Å²) in [5, 5.41) is 4.43. The molecule has 0 spiro atoms. The highest BCUT2D eigenvalue weighted by atomic mass is 15.4. The Bertz CT molecular complexity index is 338. The van der Waals surface area contributed by atoms with Crippen molar-refractivity contribution in [3.8, 4) is 0 Å².